The fourth-order valence-electron chi connectivity index (χ4n) is 1.97. The Hall–Kier alpha value is -1.59. The highest BCUT2D eigenvalue weighted by Crippen LogP contribution is 2.29. The maximum atomic E-state index is 6.20. The summed E-state index contributed by atoms with van der Waals surface area (Å²) in [7, 11) is 0. The molecule has 0 aliphatic carbocycles. The number of halogens is 1. The van der Waals surface area contributed by atoms with Gasteiger partial charge in [0.05, 0.1) is 17.9 Å². The highest BCUT2D eigenvalue weighted by molar-refractivity contribution is 9.10. The van der Waals surface area contributed by atoms with Gasteiger partial charge in [-0.25, -0.2) is 0 Å². The second-order valence-corrected chi connectivity index (χ2v) is 6.02. The van der Waals surface area contributed by atoms with E-state index in [-0.39, 0.29) is 0 Å². The van der Waals surface area contributed by atoms with Gasteiger partial charge in [0.15, 0.2) is 0 Å². The Morgan fingerprint density at radius 2 is 2.16 bits per heavy atom. The van der Waals surface area contributed by atoms with Gasteiger partial charge in [-0.2, -0.15) is 0 Å². The van der Waals surface area contributed by atoms with Gasteiger partial charge < -0.3 is 11.1 Å². The molecule has 19 heavy (non-hydrogen) atoms. The van der Waals surface area contributed by atoms with E-state index in [1.807, 2.05) is 24.4 Å². The van der Waals surface area contributed by atoms with Crippen molar-refractivity contribution in [3.8, 4) is 0 Å². The van der Waals surface area contributed by atoms with Crippen molar-refractivity contribution >= 4 is 49.4 Å². The first kappa shape index (κ1) is 12.4. The Morgan fingerprint density at radius 3 is 2.95 bits per heavy atom. The molecule has 0 aliphatic heterocycles. The molecule has 0 atom stereocenters. The van der Waals surface area contributed by atoms with Crippen LogP contribution in [0.2, 0.25) is 0 Å². The number of thiophene rings is 1. The van der Waals surface area contributed by atoms with E-state index in [1.165, 1.54) is 4.88 Å². The molecule has 3 aromatic rings. The molecule has 0 spiro atoms. The monoisotopic (exact) mass is 333 g/mol. The van der Waals surface area contributed by atoms with Crippen LogP contribution in [0.4, 0.5) is 11.4 Å². The number of nitrogen functional groups attached to an aromatic ring is 1. The molecule has 96 valence electrons. The van der Waals surface area contributed by atoms with E-state index in [4.69, 9.17) is 5.73 Å². The Balaban J connectivity index is 1.89. The summed E-state index contributed by atoms with van der Waals surface area (Å²) in [6.45, 7) is 0.763. The fraction of sp³-hybridized carbons (Fsp3) is 0.0714. The minimum absolute atomic E-state index is 0.763. The Morgan fingerprint density at radius 1 is 1.26 bits per heavy atom. The van der Waals surface area contributed by atoms with Gasteiger partial charge in [0.2, 0.25) is 0 Å². The number of nitrogens with zero attached hydrogens (tertiary/aromatic N) is 1. The highest BCUT2D eigenvalue weighted by Gasteiger charge is 2.06. The molecular formula is C14H12BrN3S. The van der Waals surface area contributed by atoms with Crippen molar-refractivity contribution in [2.75, 3.05) is 11.1 Å². The third kappa shape index (κ3) is 2.43. The van der Waals surface area contributed by atoms with Crippen molar-refractivity contribution in [3.63, 3.8) is 0 Å². The molecule has 2 aromatic heterocycles. The van der Waals surface area contributed by atoms with Crippen molar-refractivity contribution in [3.05, 3.63) is 51.4 Å². The predicted octanol–water partition coefficient (Wildman–Crippen LogP) is 4.25. The molecular weight excluding hydrogens is 322 g/mol. The van der Waals surface area contributed by atoms with Gasteiger partial charge in [-0.05, 0) is 39.5 Å². The van der Waals surface area contributed by atoms with Crippen LogP contribution in [0.3, 0.4) is 0 Å². The lowest BCUT2D eigenvalue weighted by atomic mass is 10.1. The molecule has 0 fully saturated rings. The van der Waals surface area contributed by atoms with Gasteiger partial charge >= 0.3 is 0 Å². The molecule has 0 radical (unpaired) electrons. The number of benzene rings is 1. The number of anilines is 2. The van der Waals surface area contributed by atoms with Gasteiger partial charge in [0.25, 0.3) is 0 Å². The number of rotatable bonds is 3. The summed E-state index contributed by atoms with van der Waals surface area (Å²) in [6, 6.07) is 8.03. The van der Waals surface area contributed by atoms with Crippen LogP contribution in [0.1, 0.15) is 4.88 Å². The number of fused-ring (bicyclic) bond motifs is 1. The highest BCUT2D eigenvalue weighted by atomic mass is 79.9. The van der Waals surface area contributed by atoms with E-state index in [2.05, 4.69) is 37.7 Å². The lowest BCUT2D eigenvalue weighted by Crippen LogP contribution is -2.02. The SMILES string of the molecule is Nc1c(NCc2sccc2Br)ccc2cnccc12. The molecule has 0 unspecified atom stereocenters. The minimum Gasteiger partial charge on any atom is -0.397 e. The molecule has 3 nitrogen and oxygen atoms in total. The van der Waals surface area contributed by atoms with Crippen molar-refractivity contribution in [2.45, 2.75) is 6.54 Å². The first-order valence-electron chi connectivity index (χ1n) is 5.83. The van der Waals surface area contributed by atoms with Crippen LogP contribution in [-0.4, -0.2) is 4.98 Å². The predicted molar refractivity (Wildman–Crippen MR) is 85.5 cm³/mol. The fourth-order valence-corrected chi connectivity index (χ4v) is 3.41. The second-order valence-electron chi connectivity index (χ2n) is 4.17. The van der Waals surface area contributed by atoms with E-state index in [9.17, 15) is 0 Å². The number of hydrogen-bond acceptors (Lipinski definition) is 4. The zero-order valence-corrected chi connectivity index (χ0v) is 12.5. The van der Waals surface area contributed by atoms with E-state index in [0.717, 1.165) is 33.2 Å². The van der Waals surface area contributed by atoms with Crippen molar-refractivity contribution in [1.29, 1.82) is 0 Å². The largest absolute Gasteiger partial charge is 0.397 e. The summed E-state index contributed by atoms with van der Waals surface area (Å²) < 4.78 is 1.13. The molecule has 0 aliphatic rings. The summed E-state index contributed by atoms with van der Waals surface area (Å²) in [4.78, 5) is 5.36. The maximum absolute atomic E-state index is 6.20. The molecule has 0 saturated heterocycles. The van der Waals surface area contributed by atoms with Crippen LogP contribution in [-0.2, 0) is 6.54 Å². The second kappa shape index (κ2) is 5.19. The number of nitrogens with one attached hydrogen (secondary N) is 1. The smallest absolute Gasteiger partial charge is 0.0630 e. The zero-order chi connectivity index (χ0) is 13.2. The van der Waals surface area contributed by atoms with Gasteiger partial charge in [-0.3, -0.25) is 4.98 Å². The standard InChI is InChI=1S/C14H12BrN3S/c15-11-4-6-19-13(11)8-18-12-2-1-9-7-17-5-3-10(9)14(12)16/h1-7,18H,8,16H2. The van der Waals surface area contributed by atoms with Gasteiger partial charge in [-0.15, -0.1) is 11.3 Å². The quantitative estimate of drug-likeness (QED) is 0.704. The number of pyridine rings is 1. The molecule has 2 heterocycles. The number of hydrogen-bond donors (Lipinski definition) is 2. The van der Waals surface area contributed by atoms with Gasteiger partial charge in [0, 0.05) is 32.5 Å². The summed E-state index contributed by atoms with van der Waals surface area (Å²) >= 11 is 5.25. The molecule has 0 amide bonds. The summed E-state index contributed by atoms with van der Waals surface area (Å²) in [6.07, 6.45) is 3.59. The Bertz CT molecular complexity index is 724. The Kier molecular flexibility index (Phi) is 3.40. The lowest BCUT2D eigenvalue weighted by molar-refractivity contribution is 1.19. The first-order valence-corrected chi connectivity index (χ1v) is 7.51. The molecule has 0 saturated carbocycles. The first-order chi connectivity index (χ1) is 9.25. The van der Waals surface area contributed by atoms with Gasteiger partial charge in [-0.1, -0.05) is 6.07 Å². The van der Waals surface area contributed by atoms with Crippen molar-refractivity contribution in [2.24, 2.45) is 0 Å². The van der Waals surface area contributed by atoms with Crippen LogP contribution >= 0.6 is 27.3 Å². The van der Waals surface area contributed by atoms with Crippen LogP contribution in [0.25, 0.3) is 10.8 Å². The molecule has 3 rings (SSSR count). The molecule has 5 heteroatoms. The van der Waals surface area contributed by atoms with Crippen molar-refractivity contribution < 1.29 is 0 Å². The summed E-state index contributed by atoms with van der Waals surface area (Å²) in [5.74, 6) is 0. The molecule has 1 aromatic carbocycles. The Labute approximate surface area is 123 Å². The third-order valence-corrected chi connectivity index (χ3v) is 4.92. The number of nitrogens with two attached hydrogens (primary N) is 1. The zero-order valence-electron chi connectivity index (χ0n) is 10.1. The summed E-state index contributed by atoms with van der Waals surface area (Å²) in [5.41, 5.74) is 7.93. The van der Waals surface area contributed by atoms with E-state index in [0.29, 0.717) is 0 Å². The van der Waals surface area contributed by atoms with Crippen LogP contribution in [0.5, 0.6) is 0 Å². The third-order valence-electron chi connectivity index (χ3n) is 2.99. The van der Waals surface area contributed by atoms with Crippen LogP contribution < -0.4 is 11.1 Å². The van der Waals surface area contributed by atoms with Crippen molar-refractivity contribution in [1.82, 2.24) is 4.98 Å². The average Bonchev–Trinajstić information content (AvgIpc) is 2.84. The average molecular weight is 334 g/mol. The topological polar surface area (TPSA) is 50.9 Å². The number of aromatic nitrogens is 1. The van der Waals surface area contributed by atoms with Crippen LogP contribution in [0.15, 0.2) is 46.5 Å². The van der Waals surface area contributed by atoms with E-state index < -0.39 is 0 Å². The van der Waals surface area contributed by atoms with Gasteiger partial charge in [0.1, 0.15) is 0 Å². The van der Waals surface area contributed by atoms with E-state index >= 15 is 0 Å². The molecule has 0 bridgehead atoms. The lowest BCUT2D eigenvalue weighted by Gasteiger charge is -2.11. The molecule has 3 N–H and O–H groups in total. The maximum Gasteiger partial charge on any atom is 0.0630 e. The summed E-state index contributed by atoms with van der Waals surface area (Å²) in [5, 5.41) is 7.54. The van der Waals surface area contributed by atoms with E-state index in [1.54, 1.807) is 17.5 Å². The normalized spacial score (nSPS) is 10.8. The van der Waals surface area contributed by atoms with Crippen LogP contribution in [0, 0.1) is 0 Å². The minimum atomic E-state index is 0.763.